The molecule has 0 aliphatic carbocycles. The fourth-order valence-corrected chi connectivity index (χ4v) is 4.86. The van der Waals surface area contributed by atoms with Crippen molar-refractivity contribution in [2.75, 3.05) is 13.2 Å². The highest BCUT2D eigenvalue weighted by Crippen LogP contribution is 2.30. The molecule has 42 heavy (non-hydrogen) atoms. The number of fused-ring (bicyclic) bond motifs is 3. The average molecular weight is 567 g/mol. The van der Waals surface area contributed by atoms with Crippen LogP contribution >= 0.6 is 0 Å². The van der Waals surface area contributed by atoms with Gasteiger partial charge in [0.25, 0.3) is 0 Å². The Morgan fingerprint density at radius 2 is 1.36 bits per heavy atom. The van der Waals surface area contributed by atoms with Gasteiger partial charge >= 0.3 is 11.9 Å². The smallest absolute Gasteiger partial charge is 0.374 e. The summed E-state index contributed by atoms with van der Waals surface area (Å²) in [5, 5.41) is 1.84. The van der Waals surface area contributed by atoms with Crippen LogP contribution in [-0.2, 0) is 16.1 Å². The summed E-state index contributed by atoms with van der Waals surface area (Å²) in [6, 6.07) is 19.1. The van der Waals surface area contributed by atoms with Gasteiger partial charge in [-0.25, -0.2) is 9.59 Å². The van der Waals surface area contributed by atoms with Gasteiger partial charge in [-0.3, -0.25) is 4.79 Å². The highest BCUT2D eigenvalue weighted by molar-refractivity contribution is 5.95. The van der Waals surface area contributed by atoms with Crippen LogP contribution in [0.15, 0.2) is 84.8 Å². The van der Waals surface area contributed by atoms with Crippen molar-refractivity contribution in [3.8, 4) is 16.9 Å². The summed E-state index contributed by atoms with van der Waals surface area (Å²) in [5.41, 5.74) is 3.24. The number of ether oxygens (including phenoxy) is 3. The second kappa shape index (κ2) is 10.9. The van der Waals surface area contributed by atoms with Gasteiger partial charge in [-0.1, -0.05) is 12.1 Å². The molecule has 0 spiro atoms. The molecule has 0 radical (unpaired) electrons. The summed E-state index contributed by atoms with van der Waals surface area (Å²) < 4.78 is 33.3. The maximum atomic E-state index is 13.6. The van der Waals surface area contributed by atoms with E-state index in [-0.39, 0.29) is 36.8 Å². The molecule has 6 aromatic rings. The lowest BCUT2D eigenvalue weighted by Gasteiger charge is -2.10. The van der Waals surface area contributed by atoms with Crippen molar-refractivity contribution in [1.29, 1.82) is 0 Å². The maximum absolute atomic E-state index is 13.6. The lowest BCUT2D eigenvalue weighted by molar-refractivity contribution is 0.0484. The van der Waals surface area contributed by atoms with Crippen molar-refractivity contribution in [3.63, 3.8) is 0 Å². The maximum Gasteiger partial charge on any atom is 0.374 e. The first-order chi connectivity index (χ1) is 20.3. The molecule has 0 N–H and O–H groups in total. The molecule has 0 amide bonds. The van der Waals surface area contributed by atoms with Gasteiger partial charge in [-0.2, -0.15) is 0 Å². The minimum atomic E-state index is -0.542. The molecular formula is C33H26O9. The van der Waals surface area contributed by atoms with Gasteiger partial charge < -0.3 is 27.5 Å². The van der Waals surface area contributed by atoms with Crippen LogP contribution in [0.4, 0.5) is 0 Å². The Morgan fingerprint density at radius 3 is 2.02 bits per heavy atom. The van der Waals surface area contributed by atoms with Crippen LogP contribution in [0.25, 0.3) is 44.0 Å². The lowest BCUT2D eigenvalue weighted by atomic mass is 10.0. The zero-order chi connectivity index (χ0) is 29.4. The third-order valence-corrected chi connectivity index (χ3v) is 6.78. The average Bonchev–Trinajstić information content (AvgIpc) is 3.60. The van der Waals surface area contributed by atoms with Gasteiger partial charge in [0.1, 0.15) is 34.9 Å². The van der Waals surface area contributed by atoms with E-state index in [4.69, 9.17) is 27.5 Å². The summed E-state index contributed by atoms with van der Waals surface area (Å²) in [6.45, 7) is 5.95. The quantitative estimate of drug-likeness (QED) is 0.176. The van der Waals surface area contributed by atoms with Crippen LogP contribution < -0.4 is 10.2 Å². The molecule has 0 unspecified atom stereocenters. The number of hydrogen-bond donors (Lipinski definition) is 0. The van der Waals surface area contributed by atoms with Gasteiger partial charge in [0, 0.05) is 16.8 Å². The molecule has 0 fully saturated rings. The van der Waals surface area contributed by atoms with Crippen LogP contribution in [0.5, 0.6) is 5.75 Å². The van der Waals surface area contributed by atoms with Gasteiger partial charge in [0.05, 0.1) is 24.2 Å². The molecule has 6 rings (SSSR count). The van der Waals surface area contributed by atoms with E-state index >= 15 is 0 Å². The number of furan rings is 2. The molecule has 9 heteroatoms. The van der Waals surface area contributed by atoms with Crippen molar-refractivity contribution in [3.05, 3.63) is 99.8 Å². The summed E-state index contributed by atoms with van der Waals surface area (Å²) in [6.07, 6.45) is 0. The van der Waals surface area contributed by atoms with E-state index in [0.717, 1.165) is 10.9 Å². The van der Waals surface area contributed by atoms with Crippen LogP contribution in [0.2, 0.25) is 0 Å². The molecular weight excluding hydrogens is 540 g/mol. The minimum absolute atomic E-state index is 0.102. The van der Waals surface area contributed by atoms with Gasteiger partial charge in [0.15, 0.2) is 0 Å². The Kier molecular flexibility index (Phi) is 7.00. The number of aryl methyl sites for hydroxylation is 1. The normalized spacial score (nSPS) is 11.3. The number of carbonyl (C=O) groups excluding carboxylic acids is 2. The second-order valence-corrected chi connectivity index (χ2v) is 9.60. The summed E-state index contributed by atoms with van der Waals surface area (Å²) in [5.74, 6) is 0.178. The SMILES string of the molecule is CCOC(=O)c1cc2cc(COc3ccc4c(=O)c(-c5ccc6oc(C(=O)OCC)cc6c5)c(C)oc4c3)ccc2o1. The van der Waals surface area contributed by atoms with E-state index in [9.17, 15) is 14.4 Å². The monoisotopic (exact) mass is 566 g/mol. The van der Waals surface area contributed by atoms with Gasteiger partial charge in [0.2, 0.25) is 16.9 Å². The number of benzene rings is 3. The predicted molar refractivity (Wildman–Crippen MR) is 155 cm³/mol. The Balaban J connectivity index is 1.24. The Labute approximate surface area is 239 Å². The predicted octanol–water partition coefficient (Wildman–Crippen LogP) is 7.19. The third kappa shape index (κ3) is 5.01. The first kappa shape index (κ1) is 26.9. The van der Waals surface area contributed by atoms with Crippen LogP contribution in [0.1, 0.15) is 46.3 Å². The Morgan fingerprint density at radius 1 is 0.714 bits per heavy atom. The van der Waals surface area contributed by atoms with E-state index in [1.54, 1.807) is 75.4 Å². The number of rotatable bonds is 8. The molecule has 0 bridgehead atoms. The van der Waals surface area contributed by atoms with Gasteiger partial charge in [-0.15, -0.1) is 0 Å². The topological polar surface area (TPSA) is 118 Å². The van der Waals surface area contributed by atoms with Crippen LogP contribution in [0, 0.1) is 6.92 Å². The molecule has 9 nitrogen and oxygen atoms in total. The highest BCUT2D eigenvalue weighted by atomic mass is 16.5. The first-order valence-electron chi connectivity index (χ1n) is 13.5. The Bertz CT molecular complexity index is 2040. The van der Waals surface area contributed by atoms with E-state index < -0.39 is 11.9 Å². The van der Waals surface area contributed by atoms with Crippen LogP contribution in [-0.4, -0.2) is 25.2 Å². The fraction of sp³-hybridized carbons (Fsp3) is 0.182. The zero-order valence-corrected chi connectivity index (χ0v) is 23.1. The Hall–Kier alpha value is -5.31. The minimum Gasteiger partial charge on any atom is -0.489 e. The fourth-order valence-electron chi connectivity index (χ4n) is 4.86. The van der Waals surface area contributed by atoms with Crippen molar-refractivity contribution in [2.45, 2.75) is 27.4 Å². The van der Waals surface area contributed by atoms with Crippen molar-refractivity contribution in [2.24, 2.45) is 0 Å². The summed E-state index contributed by atoms with van der Waals surface area (Å²) in [4.78, 5) is 37.6. The first-order valence-corrected chi connectivity index (χ1v) is 13.5. The number of carbonyl (C=O) groups is 2. The van der Waals surface area contributed by atoms with Crippen molar-refractivity contribution < 1.29 is 37.1 Å². The largest absolute Gasteiger partial charge is 0.489 e. The standard InChI is InChI=1S/C33H26O9/c1-4-37-32(35)28-14-21-12-19(6-10-25(21)41-28)17-39-23-8-9-24-27(16-23)40-18(3)30(31(24)34)20-7-11-26-22(13-20)15-29(42-26)33(36)38-5-2/h6-16H,4-5,17H2,1-3H3. The zero-order valence-electron chi connectivity index (χ0n) is 23.1. The molecule has 3 heterocycles. The van der Waals surface area contributed by atoms with Gasteiger partial charge in [-0.05, 0) is 80.4 Å². The molecule has 3 aromatic heterocycles. The van der Waals surface area contributed by atoms with E-state index in [1.165, 1.54) is 0 Å². The summed E-state index contributed by atoms with van der Waals surface area (Å²) >= 11 is 0. The molecule has 212 valence electrons. The number of hydrogen-bond acceptors (Lipinski definition) is 9. The van der Waals surface area contributed by atoms with Crippen molar-refractivity contribution in [1.82, 2.24) is 0 Å². The molecule has 0 atom stereocenters. The van der Waals surface area contributed by atoms with Crippen LogP contribution in [0.3, 0.4) is 0 Å². The molecule has 3 aromatic carbocycles. The highest BCUT2D eigenvalue weighted by Gasteiger charge is 2.18. The van der Waals surface area contributed by atoms with E-state index in [1.807, 2.05) is 12.1 Å². The van der Waals surface area contributed by atoms with E-state index in [2.05, 4.69) is 0 Å². The van der Waals surface area contributed by atoms with E-state index in [0.29, 0.717) is 50.2 Å². The molecule has 0 saturated carbocycles. The third-order valence-electron chi connectivity index (χ3n) is 6.78. The molecule has 0 saturated heterocycles. The molecule has 0 aliphatic heterocycles. The number of esters is 2. The summed E-state index contributed by atoms with van der Waals surface area (Å²) in [7, 11) is 0. The lowest BCUT2D eigenvalue weighted by Crippen LogP contribution is -2.07. The van der Waals surface area contributed by atoms with Crippen molar-refractivity contribution >= 4 is 44.8 Å². The second-order valence-electron chi connectivity index (χ2n) is 9.60. The molecule has 0 aliphatic rings.